The predicted molar refractivity (Wildman–Crippen MR) is 95.5 cm³/mol. The zero-order valence-corrected chi connectivity index (χ0v) is 15.0. The van der Waals surface area contributed by atoms with Crippen LogP contribution in [-0.2, 0) is 14.8 Å². The van der Waals surface area contributed by atoms with Crippen LogP contribution < -0.4 is 14.4 Å². The lowest BCUT2D eigenvalue weighted by molar-refractivity contribution is -0.118. The minimum atomic E-state index is -3.87. The molecule has 1 N–H and O–H groups in total. The first kappa shape index (κ1) is 17.7. The number of sulfonamides is 1. The number of benzene rings is 2. The summed E-state index contributed by atoms with van der Waals surface area (Å²) in [6, 6.07) is 12.4. The highest BCUT2D eigenvalue weighted by molar-refractivity contribution is 7.89. The first-order valence-corrected chi connectivity index (χ1v) is 9.51. The van der Waals surface area contributed by atoms with Gasteiger partial charge in [-0.25, -0.2) is 8.42 Å². The number of rotatable bonds is 5. The number of methoxy groups -OCH3 is 1. The Bertz CT molecular complexity index is 884. The predicted octanol–water partition coefficient (Wildman–Crippen LogP) is 2.43. The Morgan fingerprint density at radius 2 is 1.84 bits per heavy atom. The van der Waals surface area contributed by atoms with Crippen LogP contribution in [0.15, 0.2) is 53.4 Å². The van der Waals surface area contributed by atoms with Crippen molar-refractivity contribution in [2.75, 3.05) is 18.6 Å². The normalized spacial score (nSPS) is 17.8. The Labute approximate surface area is 151 Å². The molecule has 0 aliphatic carbocycles. The second-order valence-corrected chi connectivity index (χ2v) is 7.67. The second kappa shape index (κ2) is 7.03. The molecule has 1 fully saturated rings. The fourth-order valence-electron chi connectivity index (χ4n) is 2.72. The molecule has 2 aromatic rings. The largest absolute Gasteiger partial charge is 0.497 e. The summed E-state index contributed by atoms with van der Waals surface area (Å²) in [4.78, 5) is 14.1. The second-order valence-electron chi connectivity index (χ2n) is 5.58. The van der Waals surface area contributed by atoms with E-state index in [0.29, 0.717) is 24.4 Å². The maximum Gasteiger partial charge on any atom is 0.245 e. The van der Waals surface area contributed by atoms with E-state index in [1.807, 2.05) is 0 Å². The lowest BCUT2D eigenvalue weighted by Gasteiger charge is -2.18. The highest BCUT2D eigenvalue weighted by Gasteiger charge is 2.36. The molecule has 1 atom stereocenters. The van der Waals surface area contributed by atoms with Gasteiger partial charge in [-0.1, -0.05) is 23.7 Å². The van der Waals surface area contributed by atoms with Gasteiger partial charge in [-0.3, -0.25) is 4.79 Å². The molecule has 132 valence electrons. The van der Waals surface area contributed by atoms with Crippen LogP contribution >= 0.6 is 11.6 Å². The summed E-state index contributed by atoms with van der Waals surface area (Å²) in [5.41, 5.74) is 0.699. The number of hydrogen-bond donors (Lipinski definition) is 1. The topological polar surface area (TPSA) is 75.7 Å². The Balaban J connectivity index is 1.77. The molecule has 1 aliphatic rings. The molecule has 25 heavy (non-hydrogen) atoms. The van der Waals surface area contributed by atoms with E-state index in [0.717, 1.165) is 0 Å². The molecule has 0 radical (unpaired) electrons. The van der Waals surface area contributed by atoms with Crippen LogP contribution in [0, 0.1) is 0 Å². The van der Waals surface area contributed by atoms with Gasteiger partial charge in [0.25, 0.3) is 0 Å². The molecular weight excluding hydrogens is 364 g/mol. The lowest BCUT2D eigenvalue weighted by Crippen LogP contribution is -2.41. The van der Waals surface area contributed by atoms with Crippen LogP contribution in [0.3, 0.4) is 0 Å². The van der Waals surface area contributed by atoms with Gasteiger partial charge in [0.2, 0.25) is 15.9 Å². The molecule has 0 bridgehead atoms. The summed E-state index contributed by atoms with van der Waals surface area (Å²) in [6.07, 6.45) is 0.383. The molecule has 0 unspecified atom stereocenters. The van der Waals surface area contributed by atoms with Gasteiger partial charge in [0, 0.05) is 12.2 Å². The molecule has 0 saturated carbocycles. The molecule has 0 aromatic heterocycles. The van der Waals surface area contributed by atoms with E-state index < -0.39 is 16.1 Å². The third-order valence-corrected chi connectivity index (χ3v) is 5.98. The number of amides is 1. The van der Waals surface area contributed by atoms with Crippen molar-refractivity contribution >= 4 is 33.2 Å². The Morgan fingerprint density at radius 3 is 2.48 bits per heavy atom. The van der Waals surface area contributed by atoms with Crippen molar-refractivity contribution < 1.29 is 17.9 Å². The number of nitrogens with one attached hydrogen (secondary N) is 1. The zero-order valence-electron chi connectivity index (χ0n) is 13.5. The molecule has 1 aliphatic heterocycles. The van der Waals surface area contributed by atoms with Crippen LogP contribution in [0.5, 0.6) is 5.75 Å². The van der Waals surface area contributed by atoms with Crippen molar-refractivity contribution in [1.82, 2.24) is 4.72 Å². The number of carbonyl (C=O) groups excluding carboxylic acids is 1. The molecule has 1 heterocycles. The van der Waals surface area contributed by atoms with E-state index in [1.54, 1.807) is 48.4 Å². The summed E-state index contributed by atoms with van der Waals surface area (Å²) in [6.45, 7) is 0.431. The molecule has 0 spiro atoms. The number of carbonyl (C=O) groups is 1. The molecule has 1 amide bonds. The molecular formula is C17H17ClN2O4S. The lowest BCUT2D eigenvalue weighted by atomic mass is 10.2. The minimum Gasteiger partial charge on any atom is -0.497 e. The van der Waals surface area contributed by atoms with E-state index in [9.17, 15) is 13.2 Å². The first-order valence-electron chi connectivity index (χ1n) is 7.64. The van der Waals surface area contributed by atoms with Gasteiger partial charge in [0.1, 0.15) is 16.7 Å². The van der Waals surface area contributed by atoms with Gasteiger partial charge in [0.15, 0.2) is 0 Å². The van der Waals surface area contributed by atoms with Gasteiger partial charge < -0.3 is 9.64 Å². The first-order chi connectivity index (χ1) is 11.9. The van der Waals surface area contributed by atoms with Crippen LogP contribution in [0.4, 0.5) is 5.69 Å². The number of ether oxygens (including phenoxy) is 1. The number of hydrogen-bond acceptors (Lipinski definition) is 4. The average molecular weight is 381 g/mol. The number of nitrogens with zero attached hydrogens (tertiary/aromatic N) is 1. The van der Waals surface area contributed by atoms with E-state index >= 15 is 0 Å². The molecule has 8 heteroatoms. The Morgan fingerprint density at radius 1 is 1.16 bits per heavy atom. The highest BCUT2D eigenvalue weighted by atomic mass is 35.5. The zero-order chi connectivity index (χ0) is 18.0. The minimum absolute atomic E-state index is 0.0348. The van der Waals surface area contributed by atoms with Gasteiger partial charge in [-0.2, -0.15) is 4.72 Å². The maximum atomic E-state index is 12.6. The summed E-state index contributed by atoms with van der Waals surface area (Å²) >= 11 is 5.96. The molecule has 2 aromatic carbocycles. The quantitative estimate of drug-likeness (QED) is 0.864. The van der Waals surface area contributed by atoms with Crippen LogP contribution in [0.2, 0.25) is 5.02 Å². The summed E-state index contributed by atoms with van der Waals surface area (Å²) in [5.74, 6) is 0.396. The van der Waals surface area contributed by atoms with Crippen molar-refractivity contribution in [1.29, 1.82) is 0 Å². The molecule has 6 nitrogen and oxygen atoms in total. The third-order valence-electron chi connectivity index (χ3n) is 4.01. The average Bonchev–Trinajstić information content (AvgIpc) is 2.95. The van der Waals surface area contributed by atoms with Gasteiger partial charge >= 0.3 is 0 Å². The monoisotopic (exact) mass is 380 g/mol. The van der Waals surface area contributed by atoms with Crippen LogP contribution in [0.25, 0.3) is 0 Å². The van der Waals surface area contributed by atoms with Gasteiger partial charge in [-0.05, 0) is 42.8 Å². The van der Waals surface area contributed by atoms with Gasteiger partial charge in [-0.15, -0.1) is 0 Å². The van der Waals surface area contributed by atoms with Crippen molar-refractivity contribution in [3.63, 3.8) is 0 Å². The maximum absolute atomic E-state index is 12.6. The molecule has 3 rings (SSSR count). The Kier molecular flexibility index (Phi) is 4.99. The highest BCUT2D eigenvalue weighted by Crippen LogP contribution is 2.26. The van der Waals surface area contributed by atoms with Crippen LogP contribution in [0.1, 0.15) is 6.42 Å². The van der Waals surface area contributed by atoms with Crippen LogP contribution in [-0.4, -0.2) is 34.0 Å². The summed E-state index contributed by atoms with van der Waals surface area (Å²) in [7, 11) is -2.31. The van der Waals surface area contributed by atoms with E-state index in [-0.39, 0.29) is 15.8 Å². The molecule has 1 saturated heterocycles. The van der Waals surface area contributed by atoms with Gasteiger partial charge in [0.05, 0.1) is 12.1 Å². The van der Waals surface area contributed by atoms with E-state index in [4.69, 9.17) is 16.3 Å². The summed E-state index contributed by atoms with van der Waals surface area (Å²) in [5, 5.41) is 0.118. The van der Waals surface area contributed by atoms with Crippen molar-refractivity contribution in [2.24, 2.45) is 0 Å². The number of halogens is 1. The van der Waals surface area contributed by atoms with E-state index in [1.165, 1.54) is 12.1 Å². The fourth-order valence-corrected chi connectivity index (χ4v) is 4.46. The van der Waals surface area contributed by atoms with E-state index in [2.05, 4.69) is 4.72 Å². The third kappa shape index (κ3) is 3.63. The summed E-state index contributed by atoms with van der Waals surface area (Å²) < 4.78 is 32.6. The Hall–Kier alpha value is -2.09. The smallest absolute Gasteiger partial charge is 0.245 e. The van der Waals surface area contributed by atoms with Crippen molar-refractivity contribution in [3.8, 4) is 5.75 Å². The SMILES string of the molecule is COc1ccc(N2CC[C@@H](NS(=O)(=O)c3ccccc3Cl)C2=O)cc1. The van der Waals surface area contributed by atoms with Crippen molar-refractivity contribution in [2.45, 2.75) is 17.4 Å². The standard InChI is InChI=1S/C17H17ClN2O4S/c1-24-13-8-6-12(7-9-13)20-11-10-15(17(20)21)19-25(22,23)16-5-3-2-4-14(16)18/h2-9,15,19H,10-11H2,1H3/t15-/m1/s1. The van der Waals surface area contributed by atoms with Crippen molar-refractivity contribution in [3.05, 3.63) is 53.6 Å². The number of anilines is 1. The fraction of sp³-hybridized carbons (Fsp3) is 0.235.